The second-order valence-electron chi connectivity index (χ2n) is 6.44. The van der Waals surface area contributed by atoms with Gasteiger partial charge < -0.3 is 4.90 Å². The summed E-state index contributed by atoms with van der Waals surface area (Å²) in [6, 6.07) is 15.8. The van der Waals surface area contributed by atoms with Gasteiger partial charge in [0.2, 0.25) is 0 Å². The summed E-state index contributed by atoms with van der Waals surface area (Å²) in [6.07, 6.45) is 0.731. The predicted molar refractivity (Wildman–Crippen MR) is 98.2 cm³/mol. The molecule has 4 rings (SSSR count). The van der Waals surface area contributed by atoms with E-state index < -0.39 is 0 Å². The van der Waals surface area contributed by atoms with Gasteiger partial charge in [-0.05, 0) is 43.3 Å². The quantitative estimate of drug-likeness (QED) is 0.719. The van der Waals surface area contributed by atoms with Gasteiger partial charge in [0, 0.05) is 42.7 Å². The van der Waals surface area contributed by atoms with Crippen LogP contribution in [0.5, 0.6) is 0 Å². The molecule has 5 heteroatoms. The summed E-state index contributed by atoms with van der Waals surface area (Å²) in [5.41, 5.74) is 4.70. The maximum absolute atomic E-state index is 13.3. The second-order valence-corrected chi connectivity index (χ2v) is 6.44. The van der Waals surface area contributed by atoms with Crippen LogP contribution < -0.4 is 0 Å². The normalized spacial score (nSPS) is 13.5. The van der Waals surface area contributed by atoms with E-state index in [0.29, 0.717) is 18.7 Å². The highest BCUT2D eigenvalue weighted by atomic mass is 19.1. The zero-order chi connectivity index (χ0) is 18.1. The van der Waals surface area contributed by atoms with Crippen molar-refractivity contribution in [2.45, 2.75) is 26.4 Å². The van der Waals surface area contributed by atoms with E-state index in [9.17, 15) is 9.18 Å². The molecule has 0 radical (unpaired) electrons. The first-order valence-electron chi connectivity index (χ1n) is 8.86. The van der Waals surface area contributed by atoms with Crippen molar-refractivity contribution in [2.24, 2.45) is 0 Å². The molecule has 1 aromatic heterocycles. The number of hydrogen-bond donors (Lipinski definition) is 0. The number of benzene rings is 2. The van der Waals surface area contributed by atoms with Crippen LogP contribution in [0.4, 0.5) is 4.39 Å². The lowest BCUT2D eigenvalue weighted by Crippen LogP contribution is -2.35. The Morgan fingerprint density at radius 1 is 1.12 bits per heavy atom. The number of nitrogens with zero attached hydrogens (tertiary/aromatic N) is 3. The van der Waals surface area contributed by atoms with E-state index in [2.05, 4.69) is 0 Å². The summed E-state index contributed by atoms with van der Waals surface area (Å²) in [7, 11) is 0. The van der Waals surface area contributed by atoms with E-state index in [1.165, 1.54) is 12.1 Å². The molecular weight excluding hydrogens is 329 g/mol. The van der Waals surface area contributed by atoms with Crippen LogP contribution in [0, 0.1) is 5.82 Å². The van der Waals surface area contributed by atoms with Gasteiger partial charge in [-0.1, -0.05) is 18.2 Å². The van der Waals surface area contributed by atoms with Crippen LogP contribution in [0.3, 0.4) is 0 Å². The van der Waals surface area contributed by atoms with Crippen molar-refractivity contribution in [1.29, 1.82) is 0 Å². The molecular formula is C21H20FN3O. The second kappa shape index (κ2) is 6.75. The first-order valence-corrected chi connectivity index (χ1v) is 8.86. The lowest BCUT2D eigenvalue weighted by atomic mass is 10.00. The molecule has 132 valence electrons. The number of aryl methyl sites for hydroxylation is 1. The van der Waals surface area contributed by atoms with Crippen molar-refractivity contribution in [3.05, 3.63) is 77.2 Å². The molecule has 0 atom stereocenters. The fourth-order valence-corrected chi connectivity index (χ4v) is 3.52. The van der Waals surface area contributed by atoms with Gasteiger partial charge in [0.15, 0.2) is 0 Å². The summed E-state index contributed by atoms with van der Waals surface area (Å²) in [5.74, 6) is -0.225. The lowest BCUT2D eigenvalue weighted by Gasteiger charge is -2.27. The summed E-state index contributed by atoms with van der Waals surface area (Å²) >= 11 is 0. The number of rotatable bonds is 3. The number of hydrogen-bond acceptors (Lipinski definition) is 2. The van der Waals surface area contributed by atoms with Gasteiger partial charge >= 0.3 is 0 Å². The fraction of sp³-hybridized carbons (Fsp3) is 0.238. The first kappa shape index (κ1) is 16.5. The average Bonchev–Trinajstić information content (AvgIpc) is 3.06. The zero-order valence-electron chi connectivity index (χ0n) is 14.7. The molecule has 2 heterocycles. The highest BCUT2D eigenvalue weighted by Gasteiger charge is 2.28. The van der Waals surface area contributed by atoms with Crippen LogP contribution >= 0.6 is 0 Å². The van der Waals surface area contributed by atoms with Gasteiger partial charge in [0.1, 0.15) is 5.82 Å². The number of aromatic nitrogens is 2. The largest absolute Gasteiger partial charge is 0.334 e. The number of carbonyl (C=O) groups is 1. The number of halogens is 1. The highest BCUT2D eigenvalue weighted by Crippen LogP contribution is 2.31. The van der Waals surface area contributed by atoms with E-state index in [4.69, 9.17) is 5.10 Å². The van der Waals surface area contributed by atoms with E-state index >= 15 is 0 Å². The molecule has 26 heavy (non-hydrogen) atoms. The molecule has 0 saturated carbocycles. The van der Waals surface area contributed by atoms with Crippen LogP contribution in [0.15, 0.2) is 54.6 Å². The Balaban J connectivity index is 1.71. The minimum absolute atomic E-state index is 0.0329. The van der Waals surface area contributed by atoms with E-state index in [1.54, 1.807) is 12.1 Å². The number of amides is 1. The van der Waals surface area contributed by atoms with Gasteiger partial charge in [-0.15, -0.1) is 0 Å². The van der Waals surface area contributed by atoms with Gasteiger partial charge in [-0.25, -0.2) is 4.39 Å². The molecule has 1 aliphatic heterocycles. The third-order valence-electron chi connectivity index (χ3n) is 4.83. The molecule has 0 fully saturated rings. The average molecular weight is 349 g/mol. The molecule has 4 nitrogen and oxygen atoms in total. The summed E-state index contributed by atoms with van der Waals surface area (Å²) in [4.78, 5) is 14.7. The van der Waals surface area contributed by atoms with Gasteiger partial charge in [-0.3, -0.25) is 9.48 Å². The first-order chi connectivity index (χ1) is 12.7. The van der Waals surface area contributed by atoms with Crippen molar-refractivity contribution >= 4 is 5.91 Å². The Bertz CT molecular complexity index is 932. The lowest BCUT2D eigenvalue weighted by molar-refractivity contribution is 0.0734. The van der Waals surface area contributed by atoms with Crippen LogP contribution in [0.25, 0.3) is 11.3 Å². The molecule has 1 amide bonds. The van der Waals surface area contributed by atoms with E-state index in [-0.39, 0.29) is 11.7 Å². The van der Waals surface area contributed by atoms with Crippen molar-refractivity contribution < 1.29 is 9.18 Å². The Kier molecular flexibility index (Phi) is 4.29. The van der Waals surface area contributed by atoms with Gasteiger partial charge in [0.05, 0.1) is 11.4 Å². The van der Waals surface area contributed by atoms with Crippen LogP contribution in [-0.4, -0.2) is 27.1 Å². The maximum atomic E-state index is 13.3. The maximum Gasteiger partial charge on any atom is 0.254 e. The Labute approximate surface area is 151 Å². The van der Waals surface area contributed by atoms with E-state index in [1.807, 2.05) is 46.8 Å². The van der Waals surface area contributed by atoms with Crippen molar-refractivity contribution in [3.63, 3.8) is 0 Å². The molecule has 1 aliphatic rings. The van der Waals surface area contributed by atoms with Crippen molar-refractivity contribution in [3.8, 4) is 11.3 Å². The third-order valence-corrected chi connectivity index (χ3v) is 4.83. The summed E-state index contributed by atoms with van der Waals surface area (Å²) in [6.45, 7) is 3.95. The predicted octanol–water partition coefficient (Wildman–Crippen LogP) is 3.91. The molecule has 0 saturated heterocycles. The summed E-state index contributed by atoms with van der Waals surface area (Å²) < 4.78 is 15.3. The smallest absolute Gasteiger partial charge is 0.254 e. The minimum Gasteiger partial charge on any atom is -0.334 e. The molecule has 2 aromatic carbocycles. The zero-order valence-corrected chi connectivity index (χ0v) is 14.7. The fourth-order valence-electron chi connectivity index (χ4n) is 3.52. The van der Waals surface area contributed by atoms with E-state index in [0.717, 1.165) is 35.5 Å². The van der Waals surface area contributed by atoms with Crippen molar-refractivity contribution in [1.82, 2.24) is 14.7 Å². The van der Waals surface area contributed by atoms with Gasteiger partial charge in [0.25, 0.3) is 5.91 Å². The van der Waals surface area contributed by atoms with Crippen LogP contribution in [-0.2, 0) is 19.5 Å². The monoisotopic (exact) mass is 349 g/mol. The standard InChI is InChI=1S/C21H20FN3O/c1-2-25-20(15-8-10-17(22)11-9-15)18-14-24(13-12-19(18)23-25)21(26)16-6-4-3-5-7-16/h3-11H,2,12-14H2,1H3. The Hall–Kier alpha value is -2.95. The Morgan fingerprint density at radius 3 is 2.54 bits per heavy atom. The Morgan fingerprint density at radius 2 is 1.85 bits per heavy atom. The number of carbonyl (C=O) groups excluding carboxylic acids is 1. The van der Waals surface area contributed by atoms with Gasteiger partial charge in [-0.2, -0.15) is 5.10 Å². The molecule has 0 bridgehead atoms. The summed E-state index contributed by atoms with van der Waals surface area (Å²) in [5, 5.41) is 4.72. The van der Waals surface area contributed by atoms with Crippen LogP contribution in [0.1, 0.15) is 28.5 Å². The third kappa shape index (κ3) is 2.90. The molecule has 0 spiro atoms. The minimum atomic E-state index is -0.258. The van der Waals surface area contributed by atoms with Crippen molar-refractivity contribution in [2.75, 3.05) is 6.54 Å². The molecule has 0 unspecified atom stereocenters. The SMILES string of the molecule is CCn1nc2c(c1-c1ccc(F)cc1)CN(C(=O)c1ccccc1)CC2. The molecule has 0 aliphatic carbocycles. The highest BCUT2D eigenvalue weighted by molar-refractivity contribution is 5.94. The van der Waals surface area contributed by atoms with Crippen LogP contribution in [0.2, 0.25) is 0 Å². The topological polar surface area (TPSA) is 38.1 Å². The molecule has 0 N–H and O–H groups in total. The molecule has 3 aromatic rings. The number of fused-ring (bicyclic) bond motifs is 1.